The number of para-hydroxylation sites is 1. The van der Waals surface area contributed by atoms with E-state index in [9.17, 15) is 4.79 Å². The van der Waals surface area contributed by atoms with Gasteiger partial charge in [-0.25, -0.2) is 9.97 Å². The monoisotopic (exact) mass is 368 g/mol. The Bertz CT molecular complexity index is 773. The molecule has 0 spiro atoms. The molecule has 0 unspecified atom stereocenters. The fourth-order valence-electron chi connectivity index (χ4n) is 3.49. The molecule has 1 saturated carbocycles. The lowest BCUT2D eigenvalue weighted by Gasteiger charge is -2.22. The Balaban J connectivity index is 1.60. The molecule has 1 amide bonds. The first-order valence-corrected chi connectivity index (χ1v) is 9.68. The standard InChI is InChI=1S/C21H28N4O2/c1-15-14-18(20(26)24-17-9-4-3-5-10-17)25-21(23-15)22-13-12-16-8-6-7-11-19(16)27-2/h6-8,11,14,17H,3-5,9-10,12-13H2,1-2H3,(H,24,26)(H,22,23,25). The maximum Gasteiger partial charge on any atom is 0.270 e. The topological polar surface area (TPSA) is 76.1 Å². The normalized spacial score (nSPS) is 14.6. The Morgan fingerprint density at radius 1 is 1.19 bits per heavy atom. The molecular weight excluding hydrogens is 340 g/mol. The van der Waals surface area contributed by atoms with Gasteiger partial charge in [0, 0.05) is 18.3 Å². The summed E-state index contributed by atoms with van der Waals surface area (Å²) in [6, 6.07) is 9.95. The van der Waals surface area contributed by atoms with Crippen molar-refractivity contribution in [3.63, 3.8) is 0 Å². The molecule has 0 atom stereocenters. The van der Waals surface area contributed by atoms with Crippen LogP contribution in [-0.2, 0) is 6.42 Å². The van der Waals surface area contributed by atoms with Crippen molar-refractivity contribution in [2.24, 2.45) is 0 Å². The highest BCUT2D eigenvalue weighted by molar-refractivity contribution is 5.92. The summed E-state index contributed by atoms with van der Waals surface area (Å²) in [5, 5.41) is 6.34. The van der Waals surface area contributed by atoms with E-state index in [0.29, 0.717) is 18.2 Å². The van der Waals surface area contributed by atoms with E-state index < -0.39 is 0 Å². The zero-order valence-electron chi connectivity index (χ0n) is 16.1. The van der Waals surface area contributed by atoms with Crippen molar-refractivity contribution in [2.75, 3.05) is 19.0 Å². The van der Waals surface area contributed by atoms with Crippen LogP contribution in [0.1, 0.15) is 53.8 Å². The third kappa shape index (κ3) is 5.42. The van der Waals surface area contributed by atoms with Crippen LogP contribution in [0.25, 0.3) is 0 Å². The molecule has 2 N–H and O–H groups in total. The number of amides is 1. The smallest absolute Gasteiger partial charge is 0.270 e. The van der Waals surface area contributed by atoms with E-state index in [1.165, 1.54) is 19.3 Å². The molecule has 1 aromatic carbocycles. The lowest BCUT2D eigenvalue weighted by Crippen LogP contribution is -2.36. The average Bonchev–Trinajstić information content (AvgIpc) is 2.68. The van der Waals surface area contributed by atoms with Gasteiger partial charge in [-0.1, -0.05) is 37.5 Å². The van der Waals surface area contributed by atoms with E-state index >= 15 is 0 Å². The van der Waals surface area contributed by atoms with Crippen molar-refractivity contribution < 1.29 is 9.53 Å². The highest BCUT2D eigenvalue weighted by Crippen LogP contribution is 2.19. The second-order valence-electron chi connectivity index (χ2n) is 7.02. The SMILES string of the molecule is COc1ccccc1CCNc1nc(C)cc(C(=O)NC2CCCCC2)n1. The molecular formula is C21H28N4O2. The predicted molar refractivity (Wildman–Crippen MR) is 106 cm³/mol. The first-order chi connectivity index (χ1) is 13.2. The first kappa shape index (κ1) is 19.1. The highest BCUT2D eigenvalue weighted by Gasteiger charge is 2.18. The third-order valence-corrected chi connectivity index (χ3v) is 4.90. The number of carbonyl (C=O) groups is 1. The van der Waals surface area contributed by atoms with Crippen LogP contribution in [0.15, 0.2) is 30.3 Å². The minimum atomic E-state index is -0.111. The molecule has 0 saturated heterocycles. The molecule has 6 nitrogen and oxygen atoms in total. The molecule has 0 aliphatic heterocycles. The van der Waals surface area contributed by atoms with Crippen LogP contribution in [0.5, 0.6) is 5.75 Å². The summed E-state index contributed by atoms with van der Waals surface area (Å²) in [6.45, 7) is 2.54. The summed E-state index contributed by atoms with van der Waals surface area (Å²) in [5.74, 6) is 1.25. The Labute approximate surface area is 160 Å². The van der Waals surface area contributed by atoms with Gasteiger partial charge < -0.3 is 15.4 Å². The van der Waals surface area contributed by atoms with Crippen LogP contribution < -0.4 is 15.4 Å². The van der Waals surface area contributed by atoms with Crippen LogP contribution >= 0.6 is 0 Å². The average molecular weight is 368 g/mol. The molecule has 1 aromatic heterocycles. The van der Waals surface area contributed by atoms with Crippen molar-refractivity contribution in [1.82, 2.24) is 15.3 Å². The van der Waals surface area contributed by atoms with Gasteiger partial charge in [-0.05, 0) is 43.9 Å². The molecule has 1 heterocycles. The van der Waals surface area contributed by atoms with Crippen molar-refractivity contribution >= 4 is 11.9 Å². The van der Waals surface area contributed by atoms with Crippen LogP contribution in [0.4, 0.5) is 5.95 Å². The maximum atomic E-state index is 12.6. The lowest BCUT2D eigenvalue weighted by molar-refractivity contribution is 0.0922. The summed E-state index contributed by atoms with van der Waals surface area (Å²) in [6.07, 6.45) is 6.52. The number of anilines is 1. The van der Waals surface area contributed by atoms with Crippen molar-refractivity contribution in [2.45, 2.75) is 51.5 Å². The van der Waals surface area contributed by atoms with E-state index in [0.717, 1.165) is 36.3 Å². The van der Waals surface area contributed by atoms with Gasteiger partial charge in [0.1, 0.15) is 11.4 Å². The summed E-state index contributed by atoms with van der Waals surface area (Å²) in [7, 11) is 1.67. The van der Waals surface area contributed by atoms with Crippen LogP contribution in [-0.4, -0.2) is 35.6 Å². The number of carbonyl (C=O) groups excluding carboxylic acids is 1. The third-order valence-electron chi connectivity index (χ3n) is 4.90. The summed E-state index contributed by atoms with van der Waals surface area (Å²) in [4.78, 5) is 21.4. The van der Waals surface area contributed by atoms with Crippen molar-refractivity contribution in [3.8, 4) is 5.75 Å². The van der Waals surface area contributed by atoms with Gasteiger partial charge in [-0.3, -0.25) is 4.79 Å². The van der Waals surface area contributed by atoms with E-state index in [2.05, 4.69) is 20.6 Å². The Morgan fingerprint density at radius 2 is 1.96 bits per heavy atom. The zero-order chi connectivity index (χ0) is 19.1. The number of hydrogen-bond acceptors (Lipinski definition) is 5. The second kappa shape index (κ2) is 9.35. The van der Waals surface area contributed by atoms with E-state index in [1.54, 1.807) is 13.2 Å². The molecule has 1 aliphatic rings. The van der Waals surface area contributed by atoms with Gasteiger partial charge in [0.25, 0.3) is 5.91 Å². The number of benzene rings is 1. The number of rotatable bonds is 7. The molecule has 6 heteroatoms. The number of ether oxygens (including phenoxy) is 1. The molecule has 144 valence electrons. The van der Waals surface area contributed by atoms with Gasteiger partial charge in [-0.15, -0.1) is 0 Å². The molecule has 2 aromatic rings. The van der Waals surface area contributed by atoms with Gasteiger partial charge >= 0.3 is 0 Å². The van der Waals surface area contributed by atoms with Crippen LogP contribution in [0.3, 0.4) is 0 Å². The Morgan fingerprint density at radius 3 is 2.74 bits per heavy atom. The van der Waals surface area contributed by atoms with Gasteiger partial charge in [-0.2, -0.15) is 0 Å². The molecule has 0 bridgehead atoms. The second-order valence-corrected chi connectivity index (χ2v) is 7.02. The molecule has 0 radical (unpaired) electrons. The number of nitrogens with one attached hydrogen (secondary N) is 2. The summed E-state index contributed by atoms with van der Waals surface area (Å²) >= 11 is 0. The largest absolute Gasteiger partial charge is 0.496 e. The number of hydrogen-bond donors (Lipinski definition) is 2. The van der Waals surface area contributed by atoms with E-state index in [-0.39, 0.29) is 11.9 Å². The molecule has 1 aliphatic carbocycles. The molecule has 1 fully saturated rings. The molecule has 27 heavy (non-hydrogen) atoms. The summed E-state index contributed by atoms with van der Waals surface area (Å²) < 4.78 is 5.38. The van der Waals surface area contributed by atoms with Gasteiger partial charge in [0.15, 0.2) is 0 Å². The predicted octanol–water partition coefficient (Wildman–Crippen LogP) is 3.51. The van der Waals surface area contributed by atoms with E-state index in [1.807, 2.05) is 31.2 Å². The number of nitrogens with zero attached hydrogens (tertiary/aromatic N) is 2. The first-order valence-electron chi connectivity index (χ1n) is 9.68. The Kier molecular flexibility index (Phi) is 6.63. The minimum Gasteiger partial charge on any atom is -0.496 e. The van der Waals surface area contributed by atoms with Crippen LogP contribution in [0.2, 0.25) is 0 Å². The number of aryl methyl sites for hydroxylation is 1. The highest BCUT2D eigenvalue weighted by atomic mass is 16.5. The number of aromatic nitrogens is 2. The van der Waals surface area contributed by atoms with Gasteiger partial charge in [0.05, 0.1) is 7.11 Å². The summed E-state index contributed by atoms with van der Waals surface area (Å²) in [5.41, 5.74) is 2.32. The van der Waals surface area contributed by atoms with Crippen molar-refractivity contribution in [1.29, 1.82) is 0 Å². The minimum absolute atomic E-state index is 0.111. The van der Waals surface area contributed by atoms with Gasteiger partial charge in [0.2, 0.25) is 5.95 Å². The molecule has 3 rings (SSSR count). The van der Waals surface area contributed by atoms with Crippen LogP contribution in [0, 0.1) is 6.92 Å². The maximum absolute atomic E-state index is 12.6. The fourth-order valence-corrected chi connectivity index (χ4v) is 3.49. The number of methoxy groups -OCH3 is 1. The Hall–Kier alpha value is -2.63. The van der Waals surface area contributed by atoms with E-state index in [4.69, 9.17) is 4.74 Å². The quantitative estimate of drug-likeness (QED) is 0.782. The fraction of sp³-hybridized carbons (Fsp3) is 0.476. The zero-order valence-corrected chi connectivity index (χ0v) is 16.1. The lowest BCUT2D eigenvalue weighted by atomic mass is 9.95. The van der Waals surface area contributed by atoms with Crippen molar-refractivity contribution in [3.05, 3.63) is 47.3 Å².